The topological polar surface area (TPSA) is 89.2 Å². The van der Waals surface area contributed by atoms with Crippen LogP contribution in [0.2, 0.25) is 0 Å². The first-order valence-corrected chi connectivity index (χ1v) is 9.32. The van der Waals surface area contributed by atoms with E-state index in [0.29, 0.717) is 23.8 Å². The Hall–Kier alpha value is -2.28. The zero-order valence-electron chi connectivity index (χ0n) is 14.3. The second kappa shape index (κ2) is 7.74. The van der Waals surface area contributed by atoms with Gasteiger partial charge >= 0.3 is 0 Å². The first-order valence-electron chi connectivity index (χ1n) is 8.51. The molecule has 1 aliphatic heterocycles. The summed E-state index contributed by atoms with van der Waals surface area (Å²) in [5.74, 6) is 0.0939. The second-order valence-electron chi connectivity index (χ2n) is 6.41. The van der Waals surface area contributed by atoms with E-state index in [1.54, 1.807) is 6.20 Å². The first-order chi connectivity index (χ1) is 12.0. The Labute approximate surface area is 151 Å². The molecule has 2 amide bonds. The summed E-state index contributed by atoms with van der Waals surface area (Å²) in [4.78, 5) is 35.3. The highest BCUT2D eigenvalue weighted by atomic mass is 32.1. The molecular weight excluding hydrogens is 336 g/mol. The van der Waals surface area contributed by atoms with E-state index in [4.69, 9.17) is 5.73 Å². The minimum atomic E-state index is -0.276. The molecule has 2 aromatic heterocycles. The number of piperidine rings is 1. The summed E-state index contributed by atoms with van der Waals surface area (Å²) in [7, 11) is 0. The zero-order valence-corrected chi connectivity index (χ0v) is 15.1. The normalized spacial score (nSPS) is 17.5. The van der Waals surface area contributed by atoms with Crippen molar-refractivity contribution in [2.24, 2.45) is 11.7 Å². The lowest BCUT2D eigenvalue weighted by Gasteiger charge is -2.32. The third-order valence-corrected chi connectivity index (χ3v) is 5.65. The van der Waals surface area contributed by atoms with Crippen LogP contribution in [0.5, 0.6) is 0 Å². The minimum absolute atomic E-state index is 0.0287. The van der Waals surface area contributed by atoms with Crippen molar-refractivity contribution in [2.45, 2.75) is 32.6 Å². The number of rotatable bonds is 5. The van der Waals surface area contributed by atoms with E-state index in [0.717, 1.165) is 42.2 Å². The Kier molecular flexibility index (Phi) is 5.43. The van der Waals surface area contributed by atoms with Crippen molar-refractivity contribution in [3.8, 4) is 10.7 Å². The number of hydrogen-bond acceptors (Lipinski definition) is 5. The average Bonchev–Trinajstić information content (AvgIpc) is 3.02. The molecule has 3 heterocycles. The van der Waals surface area contributed by atoms with Crippen LogP contribution in [-0.4, -0.2) is 39.8 Å². The molecule has 6 nitrogen and oxygen atoms in total. The molecule has 0 radical (unpaired) electrons. The van der Waals surface area contributed by atoms with Crippen LogP contribution in [0.3, 0.4) is 0 Å². The summed E-state index contributed by atoms with van der Waals surface area (Å²) < 4.78 is 0. The van der Waals surface area contributed by atoms with E-state index in [9.17, 15) is 9.59 Å². The SMILES string of the molecule is Cc1nc(-c2ccccn2)sc1C(=O)N1CCCC(CCC(N)=O)C1. The van der Waals surface area contributed by atoms with Gasteiger partial charge < -0.3 is 10.6 Å². The van der Waals surface area contributed by atoms with Gasteiger partial charge in [0.05, 0.1) is 11.4 Å². The molecule has 2 aromatic rings. The molecule has 0 aromatic carbocycles. The largest absolute Gasteiger partial charge is 0.370 e. The van der Waals surface area contributed by atoms with E-state index in [1.165, 1.54) is 11.3 Å². The Bertz CT molecular complexity index is 760. The van der Waals surface area contributed by atoms with Crippen LogP contribution in [0.25, 0.3) is 10.7 Å². The number of carbonyl (C=O) groups is 2. The Balaban J connectivity index is 1.72. The fraction of sp³-hybridized carbons (Fsp3) is 0.444. The van der Waals surface area contributed by atoms with E-state index in [1.807, 2.05) is 30.0 Å². The number of hydrogen-bond donors (Lipinski definition) is 1. The van der Waals surface area contributed by atoms with Crippen molar-refractivity contribution in [1.29, 1.82) is 0 Å². The van der Waals surface area contributed by atoms with E-state index < -0.39 is 0 Å². The number of likely N-dealkylation sites (tertiary alicyclic amines) is 1. The van der Waals surface area contributed by atoms with Crippen molar-refractivity contribution < 1.29 is 9.59 Å². The molecule has 2 N–H and O–H groups in total. The fourth-order valence-electron chi connectivity index (χ4n) is 3.17. The molecule has 0 bridgehead atoms. The lowest BCUT2D eigenvalue weighted by molar-refractivity contribution is -0.118. The molecular formula is C18H22N4O2S. The maximum Gasteiger partial charge on any atom is 0.265 e. The standard InChI is InChI=1S/C18H22N4O2S/c1-12-16(25-17(21-12)14-6-2-3-9-20-14)18(24)22-10-4-5-13(11-22)7-8-15(19)23/h2-3,6,9,13H,4-5,7-8,10-11H2,1H3,(H2,19,23). The van der Waals surface area contributed by atoms with Crippen molar-refractivity contribution >= 4 is 23.2 Å². The van der Waals surface area contributed by atoms with Gasteiger partial charge in [-0.1, -0.05) is 6.07 Å². The minimum Gasteiger partial charge on any atom is -0.370 e. The molecule has 0 spiro atoms. The van der Waals surface area contributed by atoms with Gasteiger partial charge in [-0.15, -0.1) is 11.3 Å². The molecule has 0 aliphatic carbocycles. The first kappa shape index (κ1) is 17.5. The number of aryl methyl sites for hydroxylation is 1. The van der Waals surface area contributed by atoms with Gasteiger partial charge in [-0.25, -0.2) is 4.98 Å². The predicted octanol–water partition coefficient (Wildman–Crippen LogP) is 2.63. The molecule has 1 saturated heterocycles. The molecule has 1 atom stereocenters. The van der Waals surface area contributed by atoms with Gasteiger partial charge in [0.25, 0.3) is 5.91 Å². The molecule has 1 fully saturated rings. The summed E-state index contributed by atoms with van der Waals surface area (Å²) in [5.41, 5.74) is 6.77. The number of primary amides is 1. The van der Waals surface area contributed by atoms with Gasteiger partial charge in [-0.2, -0.15) is 0 Å². The number of carbonyl (C=O) groups excluding carboxylic acids is 2. The lowest BCUT2D eigenvalue weighted by atomic mass is 9.93. The van der Waals surface area contributed by atoms with Crippen LogP contribution in [-0.2, 0) is 4.79 Å². The van der Waals surface area contributed by atoms with Crippen LogP contribution < -0.4 is 5.73 Å². The maximum atomic E-state index is 12.9. The molecule has 7 heteroatoms. The van der Waals surface area contributed by atoms with Gasteiger partial charge in [0.2, 0.25) is 5.91 Å². The van der Waals surface area contributed by atoms with Gasteiger partial charge in [0.15, 0.2) is 0 Å². The third kappa shape index (κ3) is 4.22. The number of nitrogens with zero attached hydrogens (tertiary/aromatic N) is 3. The summed E-state index contributed by atoms with van der Waals surface area (Å²) >= 11 is 1.39. The molecule has 132 valence electrons. The Morgan fingerprint density at radius 1 is 1.40 bits per heavy atom. The summed E-state index contributed by atoms with van der Waals surface area (Å²) in [6.07, 6.45) is 4.86. The van der Waals surface area contributed by atoms with Crippen LogP contribution in [0.4, 0.5) is 0 Å². The van der Waals surface area contributed by atoms with Crippen molar-refractivity contribution in [3.63, 3.8) is 0 Å². The smallest absolute Gasteiger partial charge is 0.265 e. The van der Waals surface area contributed by atoms with E-state index in [2.05, 4.69) is 9.97 Å². The average molecular weight is 358 g/mol. The third-order valence-electron chi connectivity index (χ3n) is 4.48. The lowest BCUT2D eigenvalue weighted by Crippen LogP contribution is -2.40. The monoisotopic (exact) mass is 358 g/mol. The predicted molar refractivity (Wildman–Crippen MR) is 97.1 cm³/mol. The number of thiazole rings is 1. The van der Waals surface area contributed by atoms with Gasteiger partial charge in [-0.05, 0) is 44.2 Å². The van der Waals surface area contributed by atoms with Gasteiger partial charge in [-0.3, -0.25) is 14.6 Å². The molecule has 3 rings (SSSR count). The second-order valence-corrected chi connectivity index (χ2v) is 7.41. The number of nitrogens with two attached hydrogens (primary N) is 1. The van der Waals surface area contributed by atoms with Crippen LogP contribution >= 0.6 is 11.3 Å². The Morgan fingerprint density at radius 2 is 2.24 bits per heavy atom. The van der Waals surface area contributed by atoms with Crippen LogP contribution in [0, 0.1) is 12.8 Å². The number of pyridine rings is 1. The van der Waals surface area contributed by atoms with Gasteiger partial charge in [0.1, 0.15) is 9.88 Å². The Morgan fingerprint density at radius 3 is 2.96 bits per heavy atom. The summed E-state index contributed by atoms with van der Waals surface area (Å²) in [5, 5.41) is 0.767. The molecule has 0 saturated carbocycles. The highest BCUT2D eigenvalue weighted by Gasteiger charge is 2.27. The van der Waals surface area contributed by atoms with Crippen LogP contribution in [0.1, 0.15) is 41.0 Å². The van der Waals surface area contributed by atoms with E-state index >= 15 is 0 Å². The van der Waals surface area contributed by atoms with Crippen molar-refractivity contribution in [1.82, 2.24) is 14.9 Å². The van der Waals surface area contributed by atoms with Crippen LogP contribution in [0.15, 0.2) is 24.4 Å². The highest BCUT2D eigenvalue weighted by molar-refractivity contribution is 7.17. The molecule has 1 unspecified atom stereocenters. The van der Waals surface area contributed by atoms with E-state index in [-0.39, 0.29) is 11.8 Å². The van der Waals surface area contributed by atoms with Crippen molar-refractivity contribution in [2.75, 3.05) is 13.1 Å². The molecule has 1 aliphatic rings. The maximum absolute atomic E-state index is 12.9. The van der Waals surface area contributed by atoms with Crippen molar-refractivity contribution in [3.05, 3.63) is 35.0 Å². The fourth-order valence-corrected chi connectivity index (χ4v) is 4.18. The highest BCUT2D eigenvalue weighted by Crippen LogP contribution is 2.29. The summed E-state index contributed by atoms with van der Waals surface area (Å²) in [6, 6.07) is 5.66. The zero-order chi connectivity index (χ0) is 17.8. The quantitative estimate of drug-likeness (QED) is 0.890. The molecule has 25 heavy (non-hydrogen) atoms. The number of aromatic nitrogens is 2. The van der Waals surface area contributed by atoms with Gasteiger partial charge in [0, 0.05) is 25.7 Å². The summed E-state index contributed by atoms with van der Waals surface area (Å²) in [6.45, 7) is 3.30. The number of amides is 2.